The molecule has 1 rings (SSSR count). The average Bonchev–Trinajstić information content (AvgIpc) is 2.17. The third-order valence-electron chi connectivity index (χ3n) is 1.28. The van der Waals surface area contributed by atoms with Crippen LogP contribution in [0.4, 0.5) is 11.8 Å². The van der Waals surface area contributed by atoms with Crippen LogP contribution in [0.25, 0.3) is 0 Å². The van der Waals surface area contributed by atoms with E-state index in [0.717, 1.165) is 0 Å². The summed E-state index contributed by atoms with van der Waals surface area (Å²) in [5, 5.41) is 11.7. The number of rotatable bonds is 4. The zero-order valence-corrected chi connectivity index (χ0v) is 7.54. The van der Waals surface area contributed by atoms with Gasteiger partial charge >= 0.3 is 0 Å². The summed E-state index contributed by atoms with van der Waals surface area (Å²) >= 11 is 5.75. The second-order valence-electron chi connectivity index (χ2n) is 2.18. The van der Waals surface area contributed by atoms with Crippen molar-refractivity contribution in [2.24, 2.45) is 5.84 Å². The number of hydrazine groups is 1. The maximum absolute atomic E-state index is 8.56. The lowest BCUT2D eigenvalue weighted by Gasteiger charge is -2.06. The van der Waals surface area contributed by atoms with Crippen LogP contribution in [0.15, 0.2) is 6.20 Å². The molecule has 0 saturated heterocycles. The number of nitrogens with two attached hydrogens (primary N) is 1. The van der Waals surface area contributed by atoms with Gasteiger partial charge in [0.2, 0.25) is 5.95 Å². The molecule has 0 unspecified atom stereocenters. The van der Waals surface area contributed by atoms with Gasteiger partial charge < -0.3 is 10.4 Å². The molecule has 6 nitrogen and oxygen atoms in total. The molecule has 0 aliphatic rings. The summed E-state index contributed by atoms with van der Waals surface area (Å²) in [5.74, 6) is 5.81. The molecule has 0 aliphatic heterocycles. The van der Waals surface area contributed by atoms with E-state index in [-0.39, 0.29) is 12.6 Å². The highest BCUT2D eigenvalue weighted by atomic mass is 35.5. The van der Waals surface area contributed by atoms with Gasteiger partial charge in [-0.2, -0.15) is 4.98 Å². The highest BCUT2D eigenvalue weighted by Gasteiger charge is 2.02. The molecule has 7 heteroatoms. The second kappa shape index (κ2) is 4.80. The predicted octanol–water partition coefficient (Wildman–Crippen LogP) is -0.180. The van der Waals surface area contributed by atoms with E-state index in [1.165, 1.54) is 6.20 Å². The standard InChI is InChI=1S/C6H10ClN5O/c7-4-3-10-6(12-8)11-5(4)9-1-2-13/h3,13H,1-2,8H2,(H2,9,10,11,12). The average molecular weight is 204 g/mol. The van der Waals surface area contributed by atoms with Gasteiger partial charge in [0, 0.05) is 6.54 Å². The van der Waals surface area contributed by atoms with Gasteiger partial charge in [-0.25, -0.2) is 10.8 Å². The van der Waals surface area contributed by atoms with Crippen LogP contribution in [0.5, 0.6) is 0 Å². The fourth-order valence-electron chi connectivity index (χ4n) is 0.735. The molecule has 1 aromatic heterocycles. The van der Waals surface area contributed by atoms with Gasteiger partial charge in [-0.1, -0.05) is 11.6 Å². The first-order chi connectivity index (χ1) is 6.27. The van der Waals surface area contributed by atoms with Crippen molar-refractivity contribution in [3.63, 3.8) is 0 Å². The monoisotopic (exact) mass is 203 g/mol. The third-order valence-corrected chi connectivity index (χ3v) is 1.55. The van der Waals surface area contributed by atoms with Crippen molar-refractivity contribution in [1.82, 2.24) is 9.97 Å². The van der Waals surface area contributed by atoms with Gasteiger partial charge in [0.05, 0.1) is 12.8 Å². The predicted molar refractivity (Wildman–Crippen MR) is 50.4 cm³/mol. The van der Waals surface area contributed by atoms with E-state index in [1.54, 1.807) is 0 Å². The Balaban J connectivity index is 2.78. The molecule has 0 bridgehead atoms. The number of anilines is 2. The lowest BCUT2D eigenvalue weighted by atomic mass is 10.5. The molecule has 0 spiro atoms. The van der Waals surface area contributed by atoms with E-state index >= 15 is 0 Å². The zero-order chi connectivity index (χ0) is 9.68. The van der Waals surface area contributed by atoms with Crippen LogP contribution in [-0.2, 0) is 0 Å². The van der Waals surface area contributed by atoms with Crippen LogP contribution < -0.4 is 16.6 Å². The Morgan fingerprint density at radius 2 is 2.38 bits per heavy atom. The minimum atomic E-state index is 0.00567. The first-order valence-corrected chi connectivity index (χ1v) is 3.99. The Morgan fingerprint density at radius 3 is 3.00 bits per heavy atom. The number of nitrogens with one attached hydrogen (secondary N) is 2. The quantitative estimate of drug-likeness (QED) is 0.401. The fraction of sp³-hybridized carbons (Fsp3) is 0.333. The second-order valence-corrected chi connectivity index (χ2v) is 2.59. The van der Waals surface area contributed by atoms with Crippen LogP contribution in [-0.4, -0.2) is 28.2 Å². The number of halogens is 1. The van der Waals surface area contributed by atoms with Crippen LogP contribution >= 0.6 is 11.6 Å². The molecule has 0 radical (unpaired) electrons. The highest BCUT2D eigenvalue weighted by Crippen LogP contribution is 2.18. The number of hydrogen-bond donors (Lipinski definition) is 4. The molecule has 0 amide bonds. The lowest BCUT2D eigenvalue weighted by Crippen LogP contribution is -2.13. The Labute approximate surface area is 80.1 Å². The van der Waals surface area contributed by atoms with Gasteiger partial charge in [-0.05, 0) is 0 Å². The van der Waals surface area contributed by atoms with Crippen molar-refractivity contribution in [2.75, 3.05) is 23.9 Å². The summed E-state index contributed by atoms with van der Waals surface area (Å²) in [5.41, 5.74) is 2.29. The summed E-state index contributed by atoms with van der Waals surface area (Å²) in [7, 11) is 0. The van der Waals surface area contributed by atoms with Crippen molar-refractivity contribution < 1.29 is 5.11 Å². The van der Waals surface area contributed by atoms with Crippen LogP contribution in [0.3, 0.4) is 0 Å². The molecule has 0 aromatic carbocycles. The Hall–Kier alpha value is -1.11. The highest BCUT2D eigenvalue weighted by molar-refractivity contribution is 6.32. The summed E-state index contributed by atoms with van der Waals surface area (Å²) in [4.78, 5) is 7.71. The van der Waals surface area contributed by atoms with E-state index in [9.17, 15) is 0 Å². The number of aromatic nitrogens is 2. The normalized spacial score (nSPS) is 9.77. The number of aliphatic hydroxyl groups is 1. The topological polar surface area (TPSA) is 96.1 Å². The van der Waals surface area contributed by atoms with Crippen molar-refractivity contribution in [2.45, 2.75) is 0 Å². The molecule has 0 atom stereocenters. The molecule has 1 aromatic rings. The molecule has 5 N–H and O–H groups in total. The molecule has 72 valence electrons. The van der Waals surface area contributed by atoms with Gasteiger partial charge in [0.15, 0.2) is 5.82 Å². The molecular weight excluding hydrogens is 194 g/mol. The lowest BCUT2D eigenvalue weighted by molar-refractivity contribution is 0.311. The van der Waals surface area contributed by atoms with Crippen LogP contribution in [0.1, 0.15) is 0 Å². The smallest absolute Gasteiger partial charge is 0.239 e. The zero-order valence-electron chi connectivity index (χ0n) is 6.79. The largest absolute Gasteiger partial charge is 0.395 e. The maximum atomic E-state index is 8.56. The maximum Gasteiger partial charge on any atom is 0.239 e. The fourth-order valence-corrected chi connectivity index (χ4v) is 0.893. The molecule has 1 heterocycles. The SMILES string of the molecule is NNc1ncc(Cl)c(NCCO)n1. The molecule has 13 heavy (non-hydrogen) atoms. The van der Waals surface area contributed by atoms with E-state index in [4.69, 9.17) is 22.6 Å². The number of hydrogen-bond acceptors (Lipinski definition) is 6. The Kier molecular flexibility index (Phi) is 3.69. The van der Waals surface area contributed by atoms with Gasteiger partial charge in [0.25, 0.3) is 0 Å². The summed E-state index contributed by atoms with van der Waals surface area (Å²) in [6, 6.07) is 0. The number of aliphatic hydroxyl groups excluding tert-OH is 1. The van der Waals surface area contributed by atoms with Gasteiger partial charge in [-0.3, -0.25) is 5.43 Å². The van der Waals surface area contributed by atoms with Crippen LogP contribution in [0, 0.1) is 0 Å². The number of nitrogen functional groups attached to an aromatic ring is 1. The molecule has 0 fully saturated rings. The first-order valence-electron chi connectivity index (χ1n) is 3.62. The third kappa shape index (κ3) is 2.69. The van der Waals surface area contributed by atoms with E-state index in [1.807, 2.05) is 0 Å². The Morgan fingerprint density at radius 1 is 1.62 bits per heavy atom. The van der Waals surface area contributed by atoms with E-state index in [0.29, 0.717) is 17.4 Å². The van der Waals surface area contributed by atoms with Gasteiger partial charge in [-0.15, -0.1) is 0 Å². The first kappa shape index (κ1) is 9.97. The minimum absolute atomic E-state index is 0.00567. The van der Waals surface area contributed by atoms with Crippen molar-refractivity contribution >= 4 is 23.4 Å². The van der Waals surface area contributed by atoms with Gasteiger partial charge in [0.1, 0.15) is 5.02 Å². The summed E-state index contributed by atoms with van der Waals surface area (Å²) in [6.45, 7) is 0.381. The molecule has 0 saturated carbocycles. The number of nitrogens with zero attached hydrogens (tertiary/aromatic N) is 2. The summed E-state index contributed by atoms with van der Waals surface area (Å²) in [6.07, 6.45) is 1.42. The van der Waals surface area contributed by atoms with Crippen molar-refractivity contribution in [3.8, 4) is 0 Å². The van der Waals surface area contributed by atoms with Crippen LogP contribution in [0.2, 0.25) is 5.02 Å². The van der Waals surface area contributed by atoms with Crippen molar-refractivity contribution in [1.29, 1.82) is 0 Å². The molecule has 0 aliphatic carbocycles. The van der Waals surface area contributed by atoms with E-state index in [2.05, 4.69) is 20.7 Å². The van der Waals surface area contributed by atoms with Crippen molar-refractivity contribution in [3.05, 3.63) is 11.2 Å². The molecular formula is C6H10ClN5O. The minimum Gasteiger partial charge on any atom is -0.395 e. The summed E-state index contributed by atoms with van der Waals surface area (Å²) < 4.78 is 0. The van der Waals surface area contributed by atoms with E-state index < -0.39 is 0 Å². The Bertz CT molecular complexity index is 282.